The van der Waals surface area contributed by atoms with Gasteiger partial charge in [-0.05, 0) is 74.9 Å². The van der Waals surface area contributed by atoms with Crippen LogP contribution in [0, 0.1) is 13.8 Å². The van der Waals surface area contributed by atoms with E-state index in [-0.39, 0.29) is 16.4 Å². The summed E-state index contributed by atoms with van der Waals surface area (Å²) in [6.45, 7) is 6.14. The summed E-state index contributed by atoms with van der Waals surface area (Å²) in [4.78, 5) is 12.8. The summed E-state index contributed by atoms with van der Waals surface area (Å²) in [7, 11) is -3.83. The Morgan fingerprint density at radius 2 is 1.53 bits per heavy atom. The molecule has 0 saturated heterocycles. The van der Waals surface area contributed by atoms with Gasteiger partial charge in [-0.2, -0.15) is 0 Å². The van der Waals surface area contributed by atoms with E-state index in [4.69, 9.17) is 4.74 Å². The third-order valence-electron chi connectivity index (χ3n) is 4.49. The van der Waals surface area contributed by atoms with Crippen molar-refractivity contribution >= 4 is 27.3 Å². The zero-order chi connectivity index (χ0) is 21.7. The van der Waals surface area contributed by atoms with Gasteiger partial charge in [0, 0.05) is 16.9 Å². The predicted molar refractivity (Wildman–Crippen MR) is 119 cm³/mol. The van der Waals surface area contributed by atoms with Gasteiger partial charge in [0.25, 0.3) is 15.9 Å². The van der Waals surface area contributed by atoms with E-state index in [2.05, 4.69) is 10.0 Å². The molecule has 1 amide bonds. The Morgan fingerprint density at radius 3 is 2.17 bits per heavy atom. The maximum Gasteiger partial charge on any atom is 0.261 e. The summed E-state index contributed by atoms with van der Waals surface area (Å²) in [5.41, 5.74) is 3.04. The minimum Gasteiger partial charge on any atom is -0.494 e. The molecule has 0 aliphatic rings. The molecule has 0 saturated carbocycles. The van der Waals surface area contributed by atoms with Crippen molar-refractivity contribution in [1.29, 1.82) is 0 Å². The predicted octanol–water partition coefficient (Wildman–Crippen LogP) is 4.76. The van der Waals surface area contributed by atoms with Crippen LogP contribution in [0.4, 0.5) is 11.4 Å². The smallest absolute Gasteiger partial charge is 0.261 e. The van der Waals surface area contributed by atoms with Gasteiger partial charge in [-0.25, -0.2) is 8.42 Å². The van der Waals surface area contributed by atoms with Crippen LogP contribution in [0.25, 0.3) is 0 Å². The van der Waals surface area contributed by atoms with Crippen LogP contribution in [0.5, 0.6) is 5.75 Å². The van der Waals surface area contributed by atoms with Crippen molar-refractivity contribution in [1.82, 2.24) is 0 Å². The van der Waals surface area contributed by atoms with Gasteiger partial charge in [0.15, 0.2) is 0 Å². The number of aryl methyl sites for hydroxylation is 2. The first-order chi connectivity index (χ1) is 14.3. The fourth-order valence-electron chi connectivity index (χ4n) is 2.85. The van der Waals surface area contributed by atoms with E-state index in [0.29, 0.717) is 29.3 Å². The zero-order valence-corrected chi connectivity index (χ0v) is 17.9. The van der Waals surface area contributed by atoms with Crippen molar-refractivity contribution in [3.05, 3.63) is 83.4 Å². The molecule has 0 aromatic heterocycles. The highest BCUT2D eigenvalue weighted by molar-refractivity contribution is 7.92. The largest absolute Gasteiger partial charge is 0.494 e. The minimum absolute atomic E-state index is 0.0190. The van der Waals surface area contributed by atoms with Gasteiger partial charge < -0.3 is 10.1 Å². The van der Waals surface area contributed by atoms with Gasteiger partial charge >= 0.3 is 0 Å². The van der Waals surface area contributed by atoms with Crippen LogP contribution < -0.4 is 14.8 Å². The molecule has 0 spiro atoms. The highest BCUT2D eigenvalue weighted by Crippen LogP contribution is 2.21. The van der Waals surface area contributed by atoms with Gasteiger partial charge in [-0.1, -0.05) is 23.8 Å². The highest BCUT2D eigenvalue weighted by atomic mass is 32.2. The SMILES string of the molecule is CCOc1ccc(NC(=O)c2cc(S(=O)(=O)Nc3ccc(C)cc3)ccc2C)cc1. The van der Waals surface area contributed by atoms with Crippen molar-refractivity contribution in [2.75, 3.05) is 16.6 Å². The molecule has 156 valence electrons. The molecule has 3 aromatic rings. The molecule has 0 unspecified atom stereocenters. The Morgan fingerprint density at radius 1 is 0.900 bits per heavy atom. The molecule has 0 atom stereocenters. The standard InChI is InChI=1S/C23H24N2O4S/c1-4-29-20-12-10-18(11-13-20)24-23(26)22-15-21(14-7-17(22)3)30(27,28)25-19-8-5-16(2)6-9-19/h5-15,25H,4H2,1-3H3,(H,24,26). The normalized spacial score (nSPS) is 11.0. The summed E-state index contributed by atoms with van der Waals surface area (Å²) in [5, 5.41) is 2.79. The molecular formula is C23H24N2O4S. The molecule has 0 radical (unpaired) electrons. The summed E-state index contributed by atoms with van der Waals surface area (Å²) < 4.78 is 33.5. The number of carbonyl (C=O) groups excluding carboxylic acids is 1. The molecule has 2 N–H and O–H groups in total. The first kappa shape index (κ1) is 21.4. The molecule has 7 heteroatoms. The number of anilines is 2. The second-order valence-electron chi connectivity index (χ2n) is 6.86. The monoisotopic (exact) mass is 424 g/mol. The van der Waals surface area contributed by atoms with Crippen molar-refractivity contribution in [2.45, 2.75) is 25.7 Å². The lowest BCUT2D eigenvalue weighted by Gasteiger charge is -2.12. The van der Waals surface area contributed by atoms with Crippen LogP contribution in [-0.2, 0) is 10.0 Å². The molecule has 30 heavy (non-hydrogen) atoms. The summed E-state index contributed by atoms with van der Waals surface area (Å²) in [6.07, 6.45) is 0. The van der Waals surface area contributed by atoms with E-state index in [1.54, 1.807) is 49.4 Å². The average Bonchev–Trinajstić information content (AvgIpc) is 2.71. The van der Waals surface area contributed by atoms with Crippen LogP contribution in [-0.4, -0.2) is 20.9 Å². The average molecular weight is 425 g/mol. The number of benzene rings is 3. The molecular weight excluding hydrogens is 400 g/mol. The van der Waals surface area contributed by atoms with Gasteiger partial charge in [0.05, 0.1) is 11.5 Å². The van der Waals surface area contributed by atoms with Crippen LogP contribution in [0.3, 0.4) is 0 Å². The third-order valence-corrected chi connectivity index (χ3v) is 5.87. The molecule has 6 nitrogen and oxygen atoms in total. The lowest BCUT2D eigenvalue weighted by molar-refractivity contribution is 0.102. The molecule has 0 aliphatic carbocycles. The van der Waals surface area contributed by atoms with E-state index >= 15 is 0 Å². The summed E-state index contributed by atoms with van der Waals surface area (Å²) >= 11 is 0. The molecule has 0 bridgehead atoms. The Balaban J connectivity index is 1.81. The van der Waals surface area contributed by atoms with Gasteiger partial charge in [-0.15, -0.1) is 0 Å². The van der Waals surface area contributed by atoms with Crippen LogP contribution in [0.15, 0.2) is 71.6 Å². The first-order valence-corrected chi connectivity index (χ1v) is 11.0. The number of carbonyl (C=O) groups is 1. The fourth-order valence-corrected chi connectivity index (χ4v) is 3.93. The molecule has 3 aromatic carbocycles. The van der Waals surface area contributed by atoms with E-state index < -0.39 is 10.0 Å². The van der Waals surface area contributed by atoms with E-state index in [9.17, 15) is 13.2 Å². The number of rotatable bonds is 7. The first-order valence-electron chi connectivity index (χ1n) is 9.53. The molecule has 0 heterocycles. The molecule has 3 rings (SSSR count). The van der Waals surface area contributed by atoms with Crippen molar-refractivity contribution < 1.29 is 17.9 Å². The summed E-state index contributed by atoms with van der Waals surface area (Å²) in [6, 6.07) is 18.5. The number of hydrogen-bond acceptors (Lipinski definition) is 4. The molecule has 0 aliphatic heterocycles. The third kappa shape index (κ3) is 5.18. The Bertz CT molecular complexity index is 1140. The number of hydrogen-bond donors (Lipinski definition) is 2. The highest BCUT2D eigenvalue weighted by Gasteiger charge is 2.18. The fraction of sp³-hybridized carbons (Fsp3) is 0.174. The van der Waals surface area contributed by atoms with Crippen LogP contribution >= 0.6 is 0 Å². The van der Waals surface area contributed by atoms with E-state index in [1.807, 2.05) is 26.0 Å². The minimum atomic E-state index is -3.83. The Kier molecular flexibility index (Phi) is 6.42. The number of sulfonamides is 1. The van der Waals surface area contributed by atoms with Crippen LogP contribution in [0.2, 0.25) is 0 Å². The lowest BCUT2D eigenvalue weighted by Crippen LogP contribution is -2.17. The Hall–Kier alpha value is -3.32. The second-order valence-corrected chi connectivity index (χ2v) is 8.54. The number of nitrogens with one attached hydrogen (secondary N) is 2. The maximum atomic E-state index is 12.8. The van der Waals surface area contributed by atoms with E-state index in [1.165, 1.54) is 12.1 Å². The maximum absolute atomic E-state index is 12.8. The van der Waals surface area contributed by atoms with Crippen molar-refractivity contribution in [3.8, 4) is 5.75 Å². The number of amides is 1. The lowest BCUT2D eigenvalue weighted by atomic mass is 10.1. The van der Waals surface area contributed by atoms with Gasteiger partial charge in [0.2, 0.25) is 0 Å². The second kappa shape index (κ2) is 9.00. The Labute approximate surface area is 177 Å². The van der Waals surface area contributed by atoms with Crippen molar-refractivity contribution in [2.24, 2.45) is 0 Å². The number of ether oxygens (including phenoxy) is 1. The van der Waals surface area contributed by atoms with Crippen LogP contribution in [0.1, 0.15) is 28.4 Å². The van der Waals surface area contributed by atoms with E-state index in [0.717, 1.165) is 5.56 Å². The topological polar surface area (TPSA) is 84.5 Å². The zero-order valence-electron chi connectivity index (χ0n) is 17.1. The van der Waals surface area contributed by atoms with Gasteiger partial charge in [-0.3, -0.25) is 9.52 Å². The quantitative estimate of drug-likeness (QED) is 0.573. The summed E-state index contributed by atoms with van der Waals surface area (Å²) in [5.74, 6) is 0.325. The van der Waals surface area contributed by atoms with Gasteiger partial charge in [0.1, 0.15) is 5.75 Å². The van der Waals surface area contributed by atoms with Crippen molar-refractivity contribution in [3.63, 3.8) is 0 Å². The molecule has 0 fully saturated rings.